The average molecular weight is 307 g/mol. The summed E-state index contributed by atoms with van der Waals surface area (Å²) in [6, 6.07) is 0. The van der Waals surface area contributed by atoms with E-state index in [1.165, 1.54) is 0 Å². The van der Waals surface area contributed by atoms with Crippen LogP contribution in [0.3, 0.4) is 0 Å². The molecule has 1 aromatic heterocycles. The number of carbonyl (C=O) groups is 1. The minimum atomic E-state index is -0.695. The standard InChI is InChI=1S/C12H19ClN2O3S/c1-6(2)7(16)8-9(13)14-10(19-8)15-11(17)18-12(3,4)5/h6-7,16H,1-5H3,(H,14,15,17). The van der Waals surface area contributed by atoms with Gasteiger partial charge < -0.3 is 9.84 Å². The Morgan fingerprint density at radius 3 is 2.53 bits per heavy atom. The molecule has 0 bridgehead atoms. The minimum Gasteiger partial charge on any atom is -0.444 e. The minimum absolute atomic E-state index is 0.0207. The molecule has 1 rings (SSSR count). The molecule has 0 saturated heterocycles. The molecule has 0 aliphatic carbocycles. The summed E-state index contributed by atoms with van der Waals surface area (Å²) in [5, 5.41) is 13.0. The van der Waals surface area contributed by atoms with E-state index in [4.69, 9.17) is 16.3 Å². The van der Waals surface area contributed by atoms with Gasteiger partial charge in [-0.3, -0.25) is 5.32 Å². The van der Waals surface area contributed by atoms with Gasteiger partial charge in [-0.1, -0.05) is 36.8 Å². The van der Waals surface area contributed by atoms with E-state index in [0.717, 1.165) is 11.3 Å². The van der Waals surface area contributed by atoms with Crippen LogP contribution >= 0.6 is 22.9 Å². The normalized spacial score (nSPS) is 13.5. The number of ether oxygens (including phenoxy) is 1. The van der Waals surface area contributed by atoms with Crippen molar-refractivity contribution in [2.45, 2.75) is 46.3 Å². The van der Waals surface area contributed by atoms with Crippen molar-refractivity contribution < 1.29 is 14.6 Å². The molecule has 7 heteroatoms. The molecule has 2 N–H and O–H groups in total. The molecule has 0 fully saturated rings. The molecule has 0 radical (unpaired) electrons. The van der Waals surface area contributed by atoms with E-state index in [2.05, 4.69) is 10.3 Å². The largest absolute Gasteiger partial charge is 0.444 e. The van der Waals surface area contributed by atoms with Gasteiger partial charge >= 0.3 is 6.09 Å². The fraction of sp³-hybridized carbons (Fsp3) is 0.667. The monoisotopic (exact) mass is 306 g/mol. The molecule has 0 spiro atoms. The first-order chi connectivity index (χ1) is 8.60. The van der Waals surface area contributed by atoms with Crippen LogP contribution in [0.2, 0.25) is 5.15 Å². The highest BCUT2D eigenvalue weighted by molar-refractivity contribution is 7.16. The number of nitrogens with one attached hydrogen (secondary N) is 1. The molecule has 0 saturated carbocycles. The smallest absolute Gasteiger partial charge is 0.413 e. The number of rotatable bonds is 3. The molecule has 0 aliphatic rings. The Labute approximate surface area is 121 Å². The molecule has 1 amide bonds. The zero-order valence-corrected chi connectivity index (χ0v) is 13.2. The Kier molecular flexibility index (Phi) is 5.18. The lowest BCUT2D eigenvalue weighted by atomic mass is 10.1. The highest BCUT2D eigenvalue weighted by Crippen LogP contribution is 2.35. The topological polar surface area (TPSA) is 71.5 Å². The zero-order valence-electron chi connectivity index (χ0n) is 11.7. The third-order valence-corrected chi connectivity index (χ3v) is 3.56. The van der Waals surface area contributed by atoms with Crippen molar-refractivity contribution in [3.8, 4) is 0 Å². The number of anilines is 1. The first-order valence-electron chi connectivity index (χ1n) is 5.94. The van der Waals surface area contributed by atoms with Gasteiger partial charge in [-0.05, 0) is 26.7 Å². The SMILES string of the molecule is CC(C)C(O)c1sc(NC(=O)OC(C)(C)C)nc1Cl. The van der Waals surface area contributed by atoms with Crippen LogP contribution in [0.4, 0.5) is 9.93 Å². The second-order valence-electron chi connectivity index (χ2n) is 5.49. The summed E-state index contributed by atoms with van der Waals surface area (Å²) in [6.45, 7) is 9.07. The number of carbonyl (C=O) groups excluding carboxylic acids is 1. The lowest BCUT2D eigenvalue weighted by Crippen LogP contribution is -2.27. The molecular formula is C12H19ClN2O3S. The Morgan fingerprint density at radius 1 is 1.47 bits per heavy atom. The van der Waals surface area contributed by atoms with Gasteiger partial charge in [0, 0.05) is 0 Å². The van der Waals surface area contributed by atoms with E-state index in [1.54, 1.807) is 20.8 Å². The van der Waals surface area contributed by atoms with Gasteiger partial charge in [0.25, 0.3) is 0 Å². The van der Waals surface area contributed by atoms with Gasteiger partial charge in [-0.2, -0.15) is 0 Å². The summed E-state index contributed by atoms with van der Waals surface area (Å²) in [5.74, 6) is 0.0207. The van der Waals surface area contributed by atoms with Crippen LogP contribution in [0, 0.1) is 5.92 Å². The van der Waals surface area contributed by atoms with Crippen molar-refractivity contribution in [2.24, 2.45) is 5.92 Å². The third-order valence-electron chi connectivity index (χ3n) is 2.12. The molecule has 0 aromatic carbocycles. The van der Waals surface area contributed by atoms with E-state index >= 15 is 0 Å². The number of nitrogens with zero attached hydrogens (tertiary/aromatic N) is 1. The molecule has 1 aromatic rings. The highest BCUT2D eigenvalue weighted by atomic mass is 35.5. The number of aliphatic hydroxyl groups excluding tert-OH is 1. The summed E-state index contributed by atoms with van der Waals surface area (Å²) in [4.78, 5) is 16.1. The lowest BCUT2D eigenvalue weighted by Gasteiger charge is -2.18. The van der Waals surface area contributed by atoms with Crippen molar-refractivity contribution in [1.29, 1.82) is 0 Å². The number of amides is 1. The summed E-state index contributed by atoms with van der Waals surface area (Å²) in [5.41, 5.74) is -0.578. The number of aliphatic hydroxyl groups is 1. The molecule has 1 heterocycles. The van der Waals surface area contributed by atoms with E-state index in [-0.39, 0.29) is 11.1 Å². The first kappa shape index (κ1) is 16.2. The van der Waals surface area contributed by atoms with Crippen LogP contribution in [0.25, 0.3) is 0 Å². The Morgan fingerprint density at radius 2 is 2.05 bits per heavy atom. The fourth-order valence-electron chi connectivity index (χ4n) is 1.24. The second kappa shape index (κ2) is 6.07. The summed E-state index contributed by atoms with van der Waals surface area (Å²) in [7, 11) is 0. The molecule has 0 aliphatic heterocycles. The molecule has 5 nitrogen and oxygen atoms in total. The number of halogens is 1. The van der Waals surface area contributed by atoms with Gasteiger partial charge in [-0.25, -0.2) is 9.78 Å². The van der Waals surface area contributed by atoms with Gasteiger partial charge in [0.2, 0.25) is 0 Å². The van der Waals surface area contributed by atoms with Crippen molar-refractivity contribution in [1.82, 2.24) is 4.98 Å². The van der Waals surface area contributed by atoms with Crippen molar-refractivity contribution in [2.75, 3.05) is 5.32 Å². The second-order valence-corrected chi connectivity index (χ2v) is 6.88. The van der Waals surface area contributed by atoms with E-state index in [9.17, 15) is 9.90 Å². The predicted molar refractivity (Wildman–Crippen MR) is 76.8 cm³/mol. The van der Waals surface area contributed by atoms with Gasteiger partial charge in [-0.15, -0.1) is 0 Å². The quantitative estimate of drug-likeness (QED) is 0.890. The summed E-state index contributed by atoms with van der Waals surface area (Å²) < 4.78 is 5.11. The molecule has 1 atom stereocenters. The van der Waals surface area contributed by atoms with Crippen molar-refractivity contribution in [3.63, 3.8) is 0 Å². The van der Waals surface area contributed by atoms with Crippen LogP contribution in [-0.4, -0.2) is 21.8 Å². The number of hydrogen-bond acceptors (Lipinski definition) is 5. The molecule has 19 heavy (non-hydrogen) atoms. The van der Waals surface area contributed by atoms with E-state index < -0.39 is 17.8 Å². The van der Waals surface area contributed by atoms with Gasteiger partial charge in [0.15, 0.2) is 5.13 Å². The van der Waals surface area contributed by atoms with E-state index in [1.807, 2.05) is 13.8 Å². The van der Waals surface area contributed by atoms with Crippen LogP contribution in [-0.2, 0) is 4.74 Å². The number of hydrogen-bond donors (Lipinski definition) is 2. The van der Waals surface area contributed by atoms with Crippen LogP contribution < -0.4 is 5.32 Å². The maximum Gasteiger partial charge on any atom is 0.413 e. The number of thiazole rings is 1. The Hall–Kier alpha value is -0.850. The number of aromatic nitrogens is 1. The third kappa shape index (κ3) is 4.97. The average Bonchev–Trinajstić information content (AvgIpc) is 2.54. The molecule has 108 valence electrons. The molecular weight excluding hydrogens is 288 g/mol. The van der Waals surface area contributed by atoms with E-state index in [0.29, 0.717) is 10.0 Å². The zero-order chi connectivity index (χ0) is 14.8. The maximum absolute atomic E-state index is 11.6. The van der Waals surface area contributed by atoms with Gasteiger partial charge in [0.1, 0.15) is 10.8 Å². The fourth-order valence-corrected chi connectivity index (χ4v) is 2.61. The lowest BCUT2D eigenvalue weighted by molar-refractivity contribution is 0.0636. The van der Waals surface area contributed by atoms with Crippen LogP contribution in [0.5, 0.6) is 0 Å². The van der Waals surface area contributed by atoms with Crippen LogP contribution in [0.1, 0.15) is 45.6 Å². The predicted octanol–water partition coefficient (Wildman–Crippen LogP) is 3.83. The van der Waals surface area contributed by atoms with Crippen LogP contribution in [0.15, 0.2) is 0 Å². The first-order valence-corrected chi connectivity index (χ1v) is 7.14. The summed E-state index contributed by atoms with van der Waals surface area (Å²) in [6.07, 6.45) is -1.29. The maximum atomic E-state index is 11.6. The Balaban J connectivity index is 2.77. The molecule has 1 unspecified atom stereocenters. The summed E-state index contributed by atoms with van der Waals surface area (Å²) >= 11 is 7.09. The van der Waals surface area contributed by atoms with Gasteiger partial charge in [0.05, 0.1) is 11.0 Å². The Bertz CT molecular complexity index is 454. The van der Waals surface area contributed by atoms with Crippen molar-refractivity contribution in [3.05, 3.63) is 10.0 Å². The van der Waals surface area contributed by atoms with Crippen molar-refractivity contribution >= 4 is 34.2 Å². The highest BCUT2D eigenvalue weighted by Gasteiger charge is 2.22.